The molecule has 0 unspecified atom stereocenters. The fourth-order valence-corrected chi connectivity index (χ4v) is 2.67. The summed E-state index contributed by atoms with van der Waals surface area (Å²) in [5, 5.41) is 0. The van der Waals surface area contributed by atoms with Gasteiger partial charge in [-0.1, -0.05) is 29.8 Å². The summed E-state index contributed by atoms with van der Waals surface area (Å²) in [7, 11) is 0. The lowest BCUT2D eigenvalue weighted by Gasteiger charge is -2.17. The molecular weight excluding hydrogens is 269 g/mol. The number of amides is 1. The molecule has 0 bridgehead atoms. The number of carbonyl (C=O) groups is 2. The van der Waals surface area contributed by atoms with E-state index in [4.69, 9.17) is 0 Å². The lowest BCUT2D eigenvalue weighted by Crippen LogP contribution is -2.29. The number of fused-ring (bicyclic) bond motifs is 1. The van der Waals surface area contributed by atoms with Gasteiger partial charge in [0.05, 0.1) is 17.8 Å². The predicted molar refractivity (Wildman–Crippen MR) is 77.8 cm³/mol. The van der Waals surface area contributed by atoms with Gasteiger partial charge in [-0.3, -0.25) is 14.5 Å². The summed E-state index contributed by atoms with van der Waals surface area (Å²) in [5.41, 5.74) is 2.80. The molecule has 0 aromatic heterocycles. The summed E-state index contributed by atoms with van der Waals surface area (Å²) >= 11 is 0. The van der Waals surface area contributed by atoms with Gasteiger partial charge in [0, 0.05) is 0 Å². The second-order valence-corrected chi connectivity index (χ2v) is 5.35. The van der Waals surface area contributed by atoms with Crippen molar-refractivity contribution in [1.82, 2.24) is 0 Å². The first-order valence-corrected chi connectivity index (χ1v) is 6.69. The molecular formula is C17H14FNO2. The highest BCUT2D eigenvalue weighted by atomic mass is 19.1. The molecule has 1 aliphatic rings. The number of nitrogens with zero attached hydrogens (tertiary/aromatic N) is 1. The van der Waals surface area contributed by atoms with Crippen molar-refractivity contribution in [3.05, 3.63) is 64.5 Å². The molecule has 0 fully saturated rings. The number of anilines is 1. The Morgan fingerprint density at radius 2 is 1.81 bits per heavy atom. The third-order valence-electron chi connectivity index (χ3n) is 3.58. The number of carbonyl (C=O) groups excluding carboxylic acids is 2. The van der Waals surface area contributed by atoms with Gasteiger partial charge in [-0.25, -0.2) is 4.39 Å². The first-order chi connectivity index (χ1) is 9.97. The molecule has 0 aliphatic carbocycles. The Morgan fingerprint density at radius 1 is 1.05 bits per heavy atom. The minimum Gasteiger partial charge on any atom is -0.298 e. The Balaban J connectivity index is 2.05. The van der Waals surface area contributed by atoms with Crippen molar-refractivity contribution >= 4 is 17.4 Å². The van der Waals surface area contributed by atoms with E-state index < -0.39 is 17.5 Å². The third-order valence-corrected chi connectivity index (χ3v) is 3.58. The van der Waals surface area contributed by atoms with Crippen molar-refractivity contribution in [3.63, 3.8) is 0 Å². The van der Waals surface area contributed by atoms with Gasteiger partial charge in [0.2, 0.25) is 0 Å². The van der Waals surface area contributed by atoms with Gasteiger partial charge in [0.1, 0.15) is 5.82 Å². The molecule has 0 saturated heterocycles. The van der Waals surface area contributed by atoms with Gasteiger partial charge in [-0.2, -0.15) is 0 Å². The topological polar surface area (TPSA) is 37.4 Å². The molecule has 1 aliphatic heterocycles. The lowest BCUT2D eigenvalue weighted by atomic mass is 10.1. The van der Waals surface area contributed by atoms with Crippen LogP contribution >= 0.6 is 0 Å². The summed E-state index contributed by atoms with van der Waals surface area (Å²) in [6.07, 6.45) is 0. The number of rotatable bonds is 2. The summed E-state index contributed by atoms with van der Waals surface area (Å²) in [5.74, 6) is -1.84. The molecule has 0 radical (unpaired) electrons. The zero-order valence-corrected chi connectivity index (χ0v) is 11.8. The summed E-state index contributed by atoms with van der Waals surface area (Å²) in [6.45, 7) is 3.84. The van der Waals surface area contributed by atoms with Crippen molar-refractivity contribution in [3.8, 4) is 0 Å². The van der Waals surface area contributed by atoms with E-state index in [-0.39, 0.29) is 17.8 Å². The van der Waals surface area contributed by atoms with E-state index in [0.717, 1.165) is 11.1 Å². The number of hydrogen-bond acceptors (Lipinski definition) is 2. The highest BCUT2D eigenvalue weighted by molar-refractivity contribution is 6.52. The van der Waals surface area contributed by atoms with Crippen molar-refractivity contribution in [1.29, 1.82) is 0 Å². The minimum atomic E-state index is -0.670. The molecule has 2 aromatic carbocycles. The number of halogens is 1. The Bertz CT molecular complexity index is 767. The van der Waals surface area contributed by atoms with Crippen molar-refractivity contribution < 1.29 is 14.0 Å². The van der Waals surface area contributed by atoms with Crippen molar-refractivity contribution in [2.75, 3.05) is 4.90 Å². The Labute approximate surface area is 122 Å². The normalized spacial score (nSPS) is 13.8. The molecule has 3 nitrogen and oxygen atoms in total. The van der Waals surface area contributed by atoms with Gasteiger partial charge >= 0.3 is 0 Å². The van der Waals surface area contributed by atoms with Gasteiger partial charge in [0.15, 0.2) is 0 Å². The van der Waals surface area contributed by atoms with Crippen molar-refractivity contribution in [2.45, 2.75) is 20.4 Å². The lowest BCUT2D eigenvalue weighted by molar-refractivity contribution is -0.114. The maximum atomic E-state index is 14.2. The maximum absolute atomic E-state index is 14.2. The van der Waals surface area contributed by atoms with Crippen LogP contribution in [0.15, 0.2) is 36.4 Å². The molecule has 0 atom stereocenters. The van der Waals surface area contributed by atoms with Crippen LogP contribution in [0.25, 0.3) is 0 Å². The maximum Gasteiger partial charge on any atom is 0.299 e. The number of benzene rings is 2. The van der Waals surface area contributed by atoms with E-state index in [1.807, 2.05) is 31.2 Å². The predicted octanol–water partition coefficient (Wildman–Crippen LogP) is 3.17. The van der Waals surface area contributed by atoms with Crippen LogP contribution in [-0.4, -0.2) is 11.7 Å². The molecule has 3 rings (SSSR count). The second kappa shape index (κ2) is 4.81. The number of aryl methyl sites for hydroxylation is 2. The molecule has 4 heteroatoms. The average molecular weight is 283 g/mol. The molecule has 21 heavy (non-hydrogen) atoms. The van der Waals surface area contributed by atoms with Crippen molar-refractivity contribution in [2.24, 2.45) is 0 Å². The zero-order chi connectivity index (χ0) is 15.1. The number of Topliss-reactive ketones (excluding diaryl/α,β-unsaturated/α-hetero) is 1. The number of hydrogen-bond donors (Lipinski definition) is 0. The fourth-order valence-electron chi connectivity index (χ4n) is 2.67. The van der Waals surface area contributed by atoms with E-state index in [1.54, 1.807) is 13.0 Å². The standard InChI is InChI=1S/C17H14FNO2/c1-10-4-3-5-12(6-10)9-19-15-13(16(20)17(19)21)7-11(2)8-14(15)18/h3-8H,9H2,1-2H3. The summed E-state index contributed by atoms with van der Waals surface area (Å²) in [4.78, 5) is 25.4. The SMILES string of the molecule is Cc1cccc(CN2C(=O)C(=O)c3cc(C)cc(F)c32)c1. The quantitative estimate of drug-likeness (QED) is 0.794. The summed E-state index contributed by atoms with van der Waals surface area (Å²) in [6, 6.07) is 10.5. The van der Waals surface area contributed by atoms with E-state index in [0.29, 0.717) is 5.56 Å². The second-order valence-electron chi connectivity index (χ2n) is 5.35. The van der Waals surface area contributed by atoms with E-state index >= 15 is 0 Å². The molecule has 106 valence electrons. The van der Waals surface area contributed by atoms with Crippen LogP contribution in [0.5, 0.6) is 0 Å². The molecule has 1 amide bonds. The minimum absolute atomic E-state index is 0.0945. The fraction of sp³-hybridized carbons (Fsp3) is 0.176. The zero-order valence-electron chi connectivity index (χ0n) is 11.8. The van der Waals surface area contributed by atoms with Crippen LogP contribution in [0.2, 0.25) is 0 Å². The van der Waals surface area contributed by atoms with Crippen LogP contribution < -0.4 is 4.90 Å². The van der Waals surface area contributed by atoms with Gasteiger partial charge in [-0.15, -0.1) is 0 Å². The van der Waals surface area contributed by atoms with Crippen LogP contribution in [0.4, 0.5) is 10.1 Å². The van der Waals surface area contributed by atoms with Crippen LogP contribution in [-0.2, 0) is 11.3 Å². The largest absolute Gasteiger partial charge is 0.299 e. The van der Waals surface area contributed by atoms with Crippen LogP contribution in [0.3, 0.4) is 0 Å². The molecule has 0 saturated carbocycles. The number of ketones is 1. The molecule has 2 aromatic rings. The first-order valence-electron chi connectivity index (χ1n) is 6.69. The third kappa shape index (κ3) is 2.23. The monoisotopic (exact) mass is 283 g/mol. The van der Waals surface area contributed by atoms with Gasteiger partial charge < -0.3 is 0 Å². The Hall–Kier alpha value is -2.49. The average Bonchev–Trinajstić information content (AvgIpc) is 2.64. The highest BCUT2D eigenvalue weighted by Gasteiger charge is 2.38. The van der Waals surface area contributed by atoms with Crippen LogP contribution in [0.1, 0.15) is 27.0 Å². The summed E-state index contributed by atoms with van der Waals surface area (Å²) < 4.78 is 14.2. The Kier molecular flexibility index (Phi) is 3.09. The first kappa shape index (κ1) is 13.5. The smallest absolute Gasteiger partial charge is 0.298 e. The molecule has 1 heterocycles. The molecule has 0 N–H and O–H groups in total. The van der Waals surface area contributed by atoms with E-state index in [2.05, 4.69) is 0 Å². The van der Waals surface area contributed by atoms with Crippen LogP contribution in [0, 0.1) is 19.7 Å². The van der Waals surface area contributed by atoms with E-state index in [1.165, 1.54) is 11.0 Å². The molecule has 0 spiro atoms. The highest BCUT2D eigenvalue weighted by Crippen LogP contribution is 2.34. The van der Waals surface area contributed by atoms with Gasteiger partial charge in [0.25, 0.3) is 11.7 Å². The Morgan fingerprint density at radius 3 is 2.52 bits per heavy atom. The van der Waals surface area contributed by atoms with Gasteiger partial charge in [-0.05, 0) is 37.1 Å². The van der Waals surface area contributed by atoms with E-state index in [9.17, 15) is 14.0 Å².